The molecule has 2 fully saturated rings. The van der Waals surface area contributed by atoms with Gasteiger partial charge in [0, 0.05) is 31.9 Å². The van der Waals surface area contributed by atoms with Crippen LogP contribution >= 0.6 is 0 Å². The van der Waals surface area contributed by atoms with E-state index in [4.69, 9.17) is 5.73 Å². The van der Waals surface area contributed by atoms with Gasteiger partial charge in [-0.1, -0.05) is 6.92 Å². The maximum absolute atomic E-state index is 14.9. The topological polar surface area (TPSA) is 70.3 Å². The summed E-state index contributed by atoms with van der Waals surface area (Å²) in [4.78, 5) is 12.8. The average molecular weight is 497 g/mol. The molecule has 2 aliphatic heterocycles. The molecule has 0 aliphatic carbocycles. The molecule has 4 heterocycles. The van der Waals surface area contributed by atoms with Gasteiger partial charge >= 0.3 is 0 Å². The van der Waals surface area contributed by atoms with Crippen molar-refractivity contribution < 1.29 is 13.2 Å². The van der Waals surface area contributed by atoms with E-state index >= 15 is 0 Å². The minimum absolute atomic E-state index is 0.0955. The molecule has 2 aliphatic rings. The maximum Gasteiger partial charge on any atom is 0.149 e. The number of pyridine rings is 2. The molecule has 0 spiro atoms. The number of anilines is 2. The first-order valence-electron chi connectivity index (χ1n) is 12.4. The summed E-state index contributed by atoms with van der Waals surface area (Å²) < 4.78 is 44.6. The molecule has 2 unspecified atom stereocenters. The summed E-state index contributed by atoms with van der Waals surface area (Å²) in [6.07, 6.45) is 5.53. The molecule has 190 valence electrons. The molecule has 2 saturated heterocycles. The van der Waals surface area contributed by atoms with Crippen LogP contribution in [0.5, 0.6) is 0 Å². The Morgan fingerprint density at radius 2 is 1.83 bits per heavy atom. The molecular weight excluding hydrogens is 465 g/mol. The van der Waals surface area contributed by atoms with Crippen molar-refractivity contribution in [3.63, 3.8) is 0 Å². The molecule has 6 nitrogen and oxygen atoms in total. The standard InChI is InChI=1S/C27H31F3N6/c1-17-9-19(31)16-36(14-17)25-5-6-32-13-24(25)33-12-20-3-4-21(28)27(34-20)26-22(29)10-18(11-23(26)30)15-35-7-2-8-35/h3-6,10-11,13,17,19,33H,2,7-9,12,14-16,31H2,1H3. The Balaban J connectivity index is 1.36. The molecule has 3 aromatic rings. The largest absolute Gasteiger partial charge is 0.376 e. The SMILES string of the molecule is CC1CC(N)CN(c2ccncc2NCc2ccc(F)c(-c3c(F)cc(CN4CCC4)cc3F)n2)C1. The van der Waals surface area contributed by atoms with Crippen LogP contribution in [0.25, 0.3) is 11.3 Å². The highest BCUT2D eigenvalue weighted by Gasteiger charge is 2.24. The zero-order valence-corrected chi connectivity index (χ0v) is 20.4. The van der Waals surface area contributed by atoms with Gasteiger partial charge in [-0.15, -0.1) is 0 Å². The maximum atomic E-state index is 14.9. The number of nitrogens with two attached hydrogens (primary N) is 1. The number of nitrogens with zero attached hydrogens (tertiary/aromatic N) is 4. The van der Waals surface area contributed by atoms with Crippen molar-refractivity contribution in [1.82, 2.24) is 14.9 Å². The predicted octanol–water partition coefficient (Wildman–Crippen LogP) is 4.55. The number of benzene rings is 1. The third-order valence-electron chi connectivity index (χ3n) is 6.89. The van der Waals surface area contributed by atoms with Crippen molar-refractivity contribution >= 4 is 11.4 Å². The molecule has 2 atom stereocenters. The Hall–Kier alpha value is -3.17. The van der Waals surface area contributed by atoms with Crippen molar-refractivity contribution in [2.24, 2.45) is 11.7 Å². The highest BCUT2D eigenvalue weighted by atomic mass is 19.1. The van der Waals surface area contributed by atoms with Gasteiger partial charge in [0.05, 0.1) is 35.4 Å². The van der Waals surface area contributed by atoms with Gasteiger partial charge in [-0.05, 0) is 67.7 Å². The van der Waals surface area contributed by atoms with Crippen molar-refractivity contribution in [2.75, 3.05) is 36.4 Å². The molecule has 0 radical (unpaired) electrons. The molecule has 0 bridgehead atoms. The zero-order valence-electron chi connectivity index (χ0n) is 20.4. The normalized spacial score (nSPS) is 20.3. The van der Waals surface area contributed by atoms with E-state index in [1.165, 1.54) is 24.3 Å². The number of aromatic nitrogens is 2. The van der Waals surface area contributed by atoms with E-state index in [0.717, 1.165) is 50.4 Å². The van der Waals surface area contributed by atoms with Gasteiger partial charge in [-0.3, -0.25) is 9.88 Å². The minimum atomic E-state index is -0.813. The van der Waals surface area contributed by atoms with Crippen LogP contribution in [-0.4, -0.2) is 47.1 Å². The second-order valence-electron chi connectivity index (χ2n) is 9.95. The molecule has 5 rings (SSSR count). The third kappa shape index (κ3) is 5.32. The van der Waals surface area contributed by atoms with Gasteiger partial charge in [0.25, 0.3) is 0 Å². The Morgan fingerprint density at radius 1 is 1.06 bits per heavy atom. The molecule has 0 saturated carbocycles. The average Bonchev–Trinajstić information content (AvgIpc) is 2.81. The number of likely N-dealkylation sites (tertiary alicyclic amines) is 1. The Labute approximate surface area is 209 Å². The predicted molar refractivity (Wildman–Crippen MR) is 135 cm³/mol. The van der Waals surface area contributed by atoms with Crippen LogP contribution in [0, 0.1) is 23.4 Å². The number of piperidine rings is 1. The highest BCUT2D eigenvalue weighted by Crippen LogP contribution is 2.31. The first-order valence-corrected chi connectivity index (χ1v) is 12.4. The van der Waals surface area contributed by atoms with E-state index in [-0.39, 0.29) is 18.3 Å². The highest BCUT2D eigenvalue weighted by molar-refractivity contribution is 5.69. The Kier molecular flexibility index (Phi) is 7.11. The minimum Gasteiger partial charge on any atom is -0.376 e. The second kappa shape index (κ2) is 10.4. The molecule has 9 heteroatoms. The smallest absolute Gasteiger partial charge is 0.149 e. The zero-order chi connectivity index (χ0) is 25.2. The molecule has 2 aromatic heterocycles. The molecule has 3 N–H and O–H groups in total. The van der Waals surface area contributed by atoms with E-state index in [1.54, 1.807) is 12.4 Å². The summed E-state index contributed by atoms with van der Waals surface area (Å²) in [6.45, 7) is 6.35. The lowest BCUT2D eigenvalue weighted by molar-refractivity contribution is 0.172. The first-order chi connectivity index (χ1) is 17.4. The summed E-state index contributed by atoms with van der Waals surface area (Å²) >= 11 is 0. The summed E-state index contributed by atoms with van der Waals surface area (Å²) in [5.74, 6) is -1.93. The first kappa shape index (κ1) is 24.5. The van der Waals surface area contributed by atoms with E-state index in [1.807, 2.05) is 6.07 Å². The lowest BCUT2D eigenvalue weighted by atomic mass is 9.96. The van der Waals surface area contributed by atoms with Gasteiger partial charge < -0.3 is 16.0 Å². The van der Waals surface area contributed by atoms with Crippen molar-refractivity contribution in [3.8, 4) is 11.3 Å². The van der Waals surface area contributed by atoms with Crippen molar-refractivity contribution in [1.29, 1.82) is 0 Å². The second-order valence-corrected chi connectivity index (χ2v) is 9.95. The van der Waals surface area contributed by atoms with Crippen LogP contribution in [0.2, 0.25) is 0 Å². The molecule has 0 amide bonds. The number of rotatable bonds is 7. The van der Waals surface area contributed by atoms with E-state index in [2.05, 4.69) is 32.0 Å². The summed E-state index contributed by atoms with van der Waals surface area (Å²) in [7, 11) is 0. The van der Waals surface area contributed by atoms with Crippen molar-refractivity contribution in [3.05, 3.63) is 71.4 Å². The fourth-order valence-electron chi connectivity index (χ4n) is 5.08. The summed E-state index contributed by atoms with van der Waals surface area (Å²) in [6, 6.07) is 7.28. The van der Waals surface area contributed by atoms with Crippen LogP contribution < -0.4 is 16.0 Å². The van der Waals surface area contributed by atoms with Gasteiger partial charge in [-0.25, -0.2) is 18.2 Å². The van der Waals surface area contributed by atoms with E-state index in [0.29, 0.717) is 23.7 Å². The van der Waals surface area contributed by atoms with Crippen LogP contribution in [0.15, 0.2) is 42.7 Å². The summed E-state index contributed by atoms with van der Waals surface area (Å²) in [5.41, 5.74) is 8.21. The van der Waals surface area contributed by atoms with Gasteiger partial charge in [0.15, 0.2) is 0 Å². The molecular formula is C27H31F3N6. The third-order valence-corrected chi connectivity index (χ3v) is 6.89. The Morgan fingerprint density at radius 3 is 2.53 bits per heavy atom. The molecule has 1 aromatic carbocycles. The van der Waals surface area contributed by atoms with Gasteiger partial charge in [0.1, 0.15) is 23.1 Å². The van der Waals surface area contributed by atoms with Crippen molar-refractivity contribution in [2.45, 2.75) is 38.9 Å². The monoisotopic (exact) mass is 496 g/mol. The van der Waals surface area contributed by atoms with Crippen LogP contribution in [0.4, 0.5) is 24.5 Å². The fourth-order valence-corrected chi connectivity index (χ4v) is 5.08. The number of halogens is 3. The van der Waals surface area contributed by atoms with Crippen LogP contribution in [0.1, 0.15) is 31.0 Å². The number of hydrogen-bond acceptors (Lipinski definition) is 6. The van der Waals surface area contributed by atoms with E-state index in [9.17, 15) is 13.2 Å². The quantitative estimate of drug-likeness (QED) is 0.500. The van der Waals surface area contributed by atoms with Gasteiger partial charge in [0.2, 0.25) is 0 Å². The number of nitrogens with one attached hydrogen (secondary N) is 1. The van der Waals surface area contributed by atoms with E-state index < -0.39 is 23.0 Å². The lowest BCUT2D eigenvalue weighted by Gasteiger charge is -2.37. The van der Waals surface area contributed by atoms with Crippen LogP contribution in [-0.2, 0) is 13.1 Å². The van der Waals surface area contributed by atoms with Crippen LogP contribution in [0.3, 0.4) is 0 Å². The molecule has 36 heavy (non-hydrogen) atoms. The lowest BCUT2D eigenvalue weighted by Crippen LogP contribution is -2.46. The Bertz CT molecular complexity index is 1200. The van der Waals surface area contributed by atoms with Gasteiger partial charge in [-0.2, -0.15) is 0 Å². The number of hydrogen-bond donors (Lipinski definition) is 2. The summed E-state index contributed by atoms with van der Waals surface area (Å²) in [5, 5.41) is 3.30. The fraction of sp³-hybridized carbons (Fsp3) is 0.407.